The van der Waals surface area contributed by atoms with Gasteiger partial charge in [0.05, 0.1) is 12.9 Å². The molecule has 31 heavy (non-hydrogen) atoms. The van der Waals surface area contributed by atoms with Crippen LogP contribution >= 0.6 is 23.0 Å². The summed E-state index contributed by atoms with van der Waals surface area (Å²) in [5, 5.41) is 10.7. The maximum absolute atomic E-state index is 12.2. The van der Waals surface area contributed by atoms with Gasteiger partial charge in [-0.25, -0.2) is 19.5 Å². The van der Waals surface area contributed by atoms with E-state index in [0.717, 1.165) is 17.2 Å². The van der Waals surface area contributed by atoms with Gasteiger partial charge >= 0.3 is 23.0 Å². The van der Waals surface area contributed by atoms with Crippen molar-refractivity contribution in [3.63, 3.8) is 0 Å². The highest BCUT2D eigenvalue weighted by molar-refractivity contribution is 7.70. The van der Waals surface area contributed by atoms with Gasteiger partial charge in [0.15, 0.2) is 23.6 Å². The highest BCUT2D eigenvalue weighted by Crippen LogP contribution is 2.57. The monoisotopic (exact) mass is 505 g/mol. The third-order valence-corrected chi connectivity index (χ3v) is 7.99. The summed E-state index contributed by atoms with van der Waals surface area (Å²) < 4.78 is 50.1. The van der Waals surface area contributed by atoms with Crippen molar-refractivity contribution in [3.05, 3.63) is 12.7 Å². The van der Waals surface area contributed by atoms with Crippen LogP contribution in [0.4, 0.5) is 5.82 Å². The van der Waals surface area contributed by atoms with E-state index in [4.69, 9.17) is 34.6 Å². The van der Waals surface area contributed by atoms with Crippen LogP contribution in [0.5, 0.6) is 0 Å². The Morgan fingerprint density at radius 1 is 1.13 bits per heavy atom. The number of phosphoric acid groups is 1. The van der Waals surface area contributed by atoms with Gasteiger partial charge in [-0.05, 0) is 0 Å². The normalized spacial score (nSPS) is 26.9. The molecule has 174 valence electrons. The average molecular weight is 505 g/mol. The highest BCUT2D eigenvalue weighted by atomic mass is 31.2. The zero-order valence-corrected chi connectivity index (χ0v) is 17.9. The molecule has 2 aromatic heterocycles. The molecule has 1 aliphatic heterocycles. The molecule has 0 saturated carbocycles. The first-order valence-corrected chi connectivity index (χ1v) is 13.3. The molecule has 0 bridgehead atoms. The molecule has 1 aliphatic rings. The average Bonchev–Trinajstić information content (AvgIpc) is 3.13. The van der Waals surface area contributed by atoms with Crippen LogP contribution in [0.1, 0.15) is 6.23 Å². The minimum Gasteiger partial charge on any atom is -0.386 e. The quantitative estimate of drug-likeness (QED) is 0.201. The van der Waals surface area contributed by atoms with Crippen LogP contribution in [-0.4, -0.2) is 79.9 Å². The number of nitrogens with zero attached hydrogens (tertiary/aromatic N) is 4. The maximum Gasteiger partial charge on any atom is 0.469 e. The van der Waals surface area contributed by atoms with Gasteiger partial charge in [-0.2, -0.15) is 0 Å². The molecule has 1 saturated heterocycles. The summed E-state index contributed by atoms with van der Waals surface area (Å²) in [7, 11) is -15.0. The summed E-state index contributed by atoms with van der Waals surface area (Å²) in [6.07, 6.45) is -4.26. The zero-order valence-electron chi connectivity index (χ0n) is 15.2. The molecule has 1 fully saturated rings. The summed E-state index contributed by atoms with van der Waals surface area (Å²) >= 11 is 0. The molecule has 5 atom stereocenters. The van der Waals surface area contributed by atoms with E-state index >= 15 is 0 Å². The number of hydrogen-bond acceptors (Lipinski definition) is 11. The molecular weight excluding hydrogens is 487 g/mol. The van der Waals surface area contributed by atoms with Crippen molar-refractivity contribution in [2.45, 2.75) is 24.5 Å². The molecule has 0 aromatic carbocycles. The molecule has 0 amide bonds. The van der Waals surface area contributed by atoms with Crippen molar-refractivity contribution in [3.8, 4) is 0 Å². The molecule has 0 aliphatic carbocycles. The molecule has 3 rings (SSSR count). The van der Waals surface area contributed by atoms with Crippen LogP contribution in [0.2, 0.25) is 0 Å². The van der Waals surface area contributed by atoms with Gasteiger partial charge in [-0.15, -0.1) is 0 Å². The lowest BCUT2D eigenvalue weighted by atomic mass is 10.1. The topological polar surface area (TPSA) is 270 Å². The van der Waals surface area contributed by atoms with E-state index in [1.54, 1.807) is 0 Å². The van der Waals surface area contributed by atoms with Gasteiger partial charge < -0.3 is 40.0 Å². The Bertz CT molecular complexity index is 1100. The highest BCUT2D eigenvalue weighted by Gasteiger charge is 2.50. The van der Waals surface area contributed by atoms with Crippen molar-refractivity contribution in [1.29, 1.82) is 0 Å². The second kappa shape index (κ2) is 8.56. The molecule has 20 heteroatoms. The van der Waals surface area contributed by atoms with Crippen molar-refractivity contribution < 1.29 is 57.1 Å². The summed E-state index contributed by atoms with van der Waals surface area (Å²) in [6, 6.07) is 0. The number of rotatable bonds is 8. The third-order valence-electron chi connectivity index (χ3n) is 4.03. The van der Waals surface area contributed by atoms with E-state index in [1.807, 2.05) is 0 Å². The predicted octanol–water partition coefficient (Wildman–Crippen LogP) is -1.52. The number of aliphatic hydroxyl groups is 1. The Morgan fingerprint density at radius 3 is 2.42 bits per heavy atom. The fourth-order valence-electron chi connectivity index (χ4n) is 2.90. The first-order valence-electron chi connectivity index (χ1n) is 8.18. The third kappa shape index (κ3) is 5.93. The van der Waals surface area contributed by atoms with E-state index in [0.29, 0.717) is 0 Å². The SMILES string of the molecule is Nc1ncnc2c1ncn2[C@@H]1O[C@H](COP(=O)(O)O)[C@@H](OP(=O)(O)CP(=O)(O)O)[C@H]1O. The number of ether oxygens (including phenoxy) is 1. The first-order chi connectivity index (χ1) is 14.2. The van der Waals surface area contributed by atoms with Gasteiger partial charge in [0, 0.05) is 0 Å². The molecule has 3 heterocycles. The van der Waals surface area contributed by atoms with Crippen molar-refractivity contribution in [1.82, 2.24) is 19.5 Å². The van der Waals surface area contributed by atoms with E-state index in [1.165, 1.54) is 0 Å². The van der Waals surface area contributed by atoms with Crippen molar-refractivity contribution >= 4 is 40.0 Å². The second-order valence-corrected chi connectivity index (χ2v) is 11.6. The number of phosphoric ester groups is 1. The Kier molecular flexibility index (Phi) is 6.71. The van der Waals surface area contributed by atoms with Crippen LogP contribution in [0, 0.1) is 0 Å². The van der Waals surface area contributed by atoms with Crippen LogP contribution in [0.3, 0.4) is 0 Å². The Balaban J connectivity index is 1.92. The maximum atomic E-state index is 12.2. The Morgan fingerprint density at radius 2 is 1.81 bits per heavy atom. The minimum atomic E-state index is -5.00. The van der Waals surface area contributed by atoms with Gasteiger partial charge in [-0.1, -0.05) is 0 Å². The Labute approximate surface area is 172 Å². The van der Waals surface area contributed by atoms with Gasteiger partial charge in [0.25, 0.3) is 0 Å². The van der Waals surface area contributed by atoms with Crippen LogP contribution < -0.4 is 5.73 Å². The summed E-state index contributed by atoms with van der Waals surface area (Å²) in [5.74, 6) is -1.55. The number of hydrogen-bond donors (Lipinski definition) is 7. The fraction of sp³-hybridized carbons (Fsp3) is 0.545. The minimum absolute atomic E-state index is 0.00641. The lowest BCUT2D eigenvalue weighted by molar-refractivity contribution is -0.0498. The van der Waals surface area contributed by atoms with Gasteiger partial charge in [-0.3, -0.25) is 22.7 Å². The number of nitrogen functional groups attached to an aromatic ring is 1. The number of aliphatic hydroxyl groups excluding tert-OH is 1. The number of anilines is 1. The molecule has 0 spiro atoms. The summed E-state index contributed by atoms with van der Waals surface area (Å²) in [4.78, 5) is 57.2. The first kappa shape index (κ1) is 24.3. The largest absolute Gasteiger partial charge is 0.469 e. The number of fused-ring (bicyclic) bond motifs is 1. The molecule has 17 nitrogen and oxygen atoms in total. The lowest BCUT2D eigenvalue weighted by Gasteiger charge is -2.23. The van der Waals surface area contributed by atoms with Crippen molar-refractivity contribution in [2.24, 2.45) is 0 Å². The van der Waals surface area contributed by atoms with Crippen LogP contribution in [0.25, 0.3) is 11.2 Å². The van der Waals surface area contributed by atoms with E-state index < -0.39 is 60.1 Å². The molecule has 0 radical (unpaired) electrons. The molecular formula is C11H18N5O12P3. The number of imidazole rings is 1. The second-order valence-electron chi connectivity index (χ2n) is 6.44. The van der Waals surface area contributed by atoms with E-state index in [9.17, 15) is 23.7 Å². The predicted molar refractivity (Wildman–Crippen MR) is 99.3 cm³/mol. The van der Waals surface area contributed by atoms with Crippen LogP contribution in [-0.2, 0) is 27.5 Å². The van der Waals surface area contributed by atoms with E-state index in [-0.39, 0.29) is 17.0 Å². The van der Waals surface area contributed by atoms with E-state index in [2.05, 4.69) is 19.5 Å². The molecule has 8 N–H and O–H groups in total. The summed E-state index contributed by atoms with van der Waals surface area (Å²) in [5.41, 5.74) is 5.92. The standard InChI is InChI=1S/C11H18N5O12P3/c12-9-6-10(14-2-13-9)16(3-15-6)11-7(17)8(5(27-11)1-26-31(23,24)25)28-30(21,22)4-29(18,19)20/h2-3,5,7-8,11,17H,1,4H2,(H,21,22)(H2,12,13,14)(H2,18,19,20)(H2,23,24,25)/t5-,7-,8-,11-/m1/s1. The lowest BCUT2D eigenvalue weighted by Crippen LogP contribution is -2.36. The van der Waals surface area contributed by atoms with Gasteiger partial charge in [0.2, 0.25) is 0 Å². The Hall–Kier alpha value is -1.32. The smallest absolute Gasteiger partial charge is 0.386 e. The van der Waals surface area contributed by atoms with Crippen LogP contribution in [0.15, 0.2) is 12.7 Å². The fourth-order valence-corrected chi connectivity index (χ4v) is 6.01. The summed E-state index contributed by atoms with van der Waals surface area (Å²) in [6.45, 7) is -0.901. The zero-order chi connectivity index (χ0) is 23.2. The molecule has 1 unspecified atom stereocenters. The number of nitrogens with two attached hydrogens (primary N) is 1. The number of aromatic nitrogens is 4. The molecule has 2 aromatic rings. The van der Waals surface area contributed by atoms with Crippen molar-refractivity contribution in [2.75, 3.05) is 18.2 Å². The van der Waals surface area contributed by atoms with Gasteiger partial charge in [0.1, 0.15) is 30.2 Å².